The van der Waals surface area contributed by atoms with E-state index < -0.39 is 11.4 Å². The van der Waals surface area contributed by atoms with Gasteiger partial charge in [0.05, 0.1) is 5.92 Å². The molecule has 3 heteroatoms. The molecule has 1 fully saturated rings. The predicted octanol–water partition coefficient (Wildman–Crippen LogP) is 1.71. The van der Waals surface area contributed by atoms with Crippen molar-refractivity contribution in [1.82, 2.24) is 0 Å². The quantitative estimate of drug-likeness (QED) is 0.675. The van der Waals surface area contributed by atoms with Gasteiger partial charge in [0.25, 0.3) is 0 Å². The van der Waals surface area contributed by atoms with E-state index in [0.29, 0.717) is 12.8 Å². The maximum atomic E-state index is 11.4. The van der Waals surface area contributed by atoms with Crippen LogP contribution in [-0.4, -0.2) is 16.9 Å². The second kappa shape index (κ2) is 3.13. The van der Waals surface area contributed by atoms with Crippen molar-refractivity contribution >= 4 is 11.8 Å². The summed E-state index contributed by atoms with van der Waals surface area (Å²) in [7, 11) is 0. The zero-order chi connectivity index (χ0) is 10.2. The maximum absolute atomic E-state index is 11.4. The number of carbonyl (C=O) groups excluding carboxylic acids is 1. The number of Topliss-reactive ketones (excluding diaryl/α,β-unsaturated/α-hetero) is 1. The molecule has 3 nitrogen and oxygen atoms in total. The van der Waals surface area contributed by atoms with Gasteiger partial charge in [0.1, 0.15) is 5.78 Å². The molecule has 13 heavy (non-hydrogen) atoms. The van der Waals surface area contributed by atoms with Crippen LogP contribution in [0.2, 0.25) is 0 Å². The fourth-order valence-corrected chi connectivity index (χ4v) is 2.03. The van der Waals surface area contributed by atoms with Crippen molar-refractivity contribution in [3.8, 4) is 0 Å². The third kappa shape index (κ3) is 1.60. The van der Waals surface area contributed by atoms with Gasteiger partial charge >= 0.3 is 5.97 Å². The lowest BCUT2D eigenvalue weighted by Crippen LogP contribution is -2.43. The molecule has 2 atom stereocenters. The Morgan fingerprint density at radius 1 is 1.54 bits per heavy atom. The van der Waals surface area contributed by atoms with Crippen LogP contribution in [0.25, 0.3) is 0 Å². The number of ketones is 1. The van der Waals surface area contributed by atoms with Crippen molar-refractivity contribution in [2.45, 2.75) is 33.6 Å². The SMILES string of the molecule is C[C@@H]1C(=O)CC[C@@H](C(=O)O)C1(C)C. The summed E-state index contributed by atoms with van der Waals surface area (Å²) in [6.45, 7) is 5.57. The summed E-state index contributed by atoms with van der Waals surface area (Å²) in [5.41, 5.74) is -0.402. The summed E-state index contributed by atoms with van der Waals surface area (Å²) in [5.74, 6) is -1.09. The predicted molar refractivity (Wildman–Crippen MR) is 48.3 cm³/mol. The molecule has 0 unspecified atom stereocenters. The molecule has 1 rings (SSSR count). The summed E-state index contributed by atoms with van der Waals surface area (Å²) < 4.78 is 0. The lowest BCUT2D eigenvalue weighted by atomic mass is 9.62. The van der Waals surface area contributed by atoms with E-state index in [1.807, 2.05) is 20.8 Å². The molecule has 0 aromatic heterocycles. The number of carbonyl (C=O) groups is 2. The second-order valence-electron chi connectivity index (χ2n) is 4.44. The topological polar surface area (TPSA) is 54.4 Å². The van der Waals surface area contributed by atoms with Crippen molar-refractivity contribution < 1.29 is 14.7 Å². The third-order valence-electron chi connectivity index (χ3n) is 3.47. The summed E-state index contributed by atoms with van der Waals surface area (Å²) in [6, 6.07) is 0. The van der Waals surface area contributed by atoms with E-state index in [9.17, 15) is 9.59 Å². The minimum atomic E-state index is -0.774. The van der Waals surface area contributed by atoms with Gasteiger partial charge in [-0.25, -0.2) is 0 Å². The third-order valence-corrected chi connectivity index (χ3v) is 3.47. The van der Waals surface area contributed by atoms with Crippen LogP contribution in [-0.2, 0) is 9.59 Å². The molecule has 0 radical (unpaired) electrons. The highest BCUT2D eigenvalue weighted by Gasteiger charge is 2.45. The fraction of sp³-hybridized carbons (Fsp3) is 0.800. The molecule has 74 valence electrons. The molecule has 0 bridgehead atoms. The highest BCUT2D eigenvalue weighted by atomic mass is 16.4. The first kappa shape index (κ1) is 10.2. The summed E-state index contributed by atoms with van der Waals surface area (Å²) >= 11 is 0. The van der Waals surface area contributed by atoms with Crippen LogP contribution in [0.5, 0.6) is 0 Å². The van der Waals surface area contributed by atoms with Gasteiger partial charge in [0.15, 0.2) is 0 Å². The fourth-order valence-electron chi connectivity index (χ4n) is 2.03. The van der Waals surface area contributed by atoms with E-state index in [4.69, 9.17) is 5.11 Å². The number of hydrogen-bond acceptors (Lipinski definition) is 2. The standard InChI is InChI=1S/C10H16O3/c1-6-8(11)5-4-7(9(12)13)10(6,2)3/h6-7H,4-5H2,1-3H3,(H,12,13)/t6-,7+/m1/s1. The van der Waals surface area contributed by atoms with E-state index in [1.54, 1.807) is 0 Å². The molecule has 0 amide bonds. The van der Waals surface area contributed by atoms with Gasteiger partial charge in [0, 0.05) is 12.3 Å². The Bertz CT molecular complexity index is 243. The van der Waals surface area contributed by atoms with Crippen molar-refractivity contribution in [2.24, 2.45) is 17.3 Å². The molecule has 0 spiro atoms. The Kier molecular flexibility index (Phi) is 2.46. The van der Waals surface area contributed by atoms with Crippen molar-refractivity contribution in [1.29, 1.82) is 0 Å². The Morgan fingerprint density at radius 3 is 2.54 bits per heavy atom. The molecule has 1 aliphatic carbocycles. The molecule has 1 aliphatic rings. The molecule has 1 N–H and O–H groups in total. The number of carboxylic acid groups (broad SMARTS) is 1. The average molecular weight is 184 g/mol. The average Bonchev–Trinajstić information content (AvgIpc) is 1.99. The van der Waals surface area contributed by atoms with Crippen molar-refractivity contribution in [2.75, 3.05) is 0 Å². The summed E-state index contributed by atoms with van der Waals surface area (Å²) in [6.07, 6.45) is 0.910. The Hall–Kier alpha value is -0.860. The monoisotopic (exact) mass is 184 g/mol. The largest absolute Gasteiger partial charge is 0.481 e. The molecule has 0 aromatic carbocycles. The van der Waals surface area contributed by atoms with Crippen LogP contribution < -0.4 is 0 Å². The lowest BCUT2D eigenvalue weighted by molar-refractivity contribution is -0.152. The zero-order valence-electron chi connectivity index (χ0n) is 8.33. The smallest absolute Gasteiger partial charge is 0.307 e. The van der Waals surface area contributed by atoms with E-state index >= 15 is 0 Å². The van der Waals surface area contributed by atoms with E-state index in [1.165, 1.54) is 0 Å². The van der Waals surface area contributed by atoms with Crippen molar-refractivity contribution in [3.05, 3.63) is 0 Å². The molecule has 0 saturated heterocycles. The molecule has 0 aliphatic heterocycles. The maximum Gasteiger partial charge on any atom is 0.307 e. The molecule has 0 heterocycles. The van der Waals surface area contributed by atoms with Crippen LogP contribution >= 0.6 is 0 Å². The van der Waals surface area contributed by atoms with Gasteiger partial charge < -0.3 is 5.11 Å². The van der Waals surface area contributed by atoms with Crippen LogP contribution in [0.15, 0.2) is 0 Å². The van der Waals surface area contributed by atoms with Gasteiger partial charge in [-0.2, -0.15) is 0 Å². The van der Waals surface area contributed by atoms with Gasteiger partial charge in [-0.3, -0.25) is 9.59 Å². The highest BCUT2D eigenvalue weighted by Crippen LogP contribution is 2.43. The van der Waals surface area contributed by atoms with E-state index in [2.05, 4.69) is 0 Å². The molecular weight excluding hydrogens is 168 g/mol. The normalized spacial score (nSPS) is 33.0. The minimum absolute atomic E-state index is 0.137. The van der Waals surface area contributed by atoms with Crippen LogP contribution in [0.1, 0.15) is 33.6 Å². The van der Waals surface area contributed by atoms with Gasteiger partial charge in [-0.1, -0.05) is 20.8 Å². The van der Waals surface area contributed by atoms with E-state index in [0.717, 1.165) is 0 Å². The second-order valence-corrected chi connectivity index (χ2v) is 4.44. The minimum Gasteiger partial charge on any atom is -0.481 e. The van der Waals surface area contributed by atoms with Gasteiger partial charge in [-0.15, -0.1) is 0 Å². The van der Waals surface area contributed by atoms with Crippen molar-refractivity contribution in [3.63, 3.8) is 0 Å². The first-order chi connectivity index (χ1) is 5.87. The lowest BCUT2D eigenvalue weighted by Gasteiger charge is -2.40. The van der Waals surface area contributed by atoms with Crippen LogP contribution in [0, 0.1) is 17.3 Å². The zero-order valence-corrected chi connectivity index (χ0v) is 8.33. The number of hydrogen-bond donors (Lipinski definition) is 1. The molecular formula is C10H16O3. The van der Waals surface area contributed by atoms with E-state index in [-0.39, 0.29) is 17.6 Å². The number of aliphatic carboxylic acids is 1. The first-order valence-corrected chi connectivity index (χ1v) is 4.63. The summed E-state index contributed by atoms with van der Waals surface area (Å²) in [5, 5.41) is 8.97. The molecule has 0 aromatic rings. The Morgan fingerprint density at radius 2 is 2.08 bits per heavy atom. The first-order valence-electron chi connectivity index (χ1n) is 4.63. The van der Waals surface area contributed by atoms with Crippen LogP contribution in [0.4, 0.5) is 0 Å². The van der Waals surface area contributed by atoms with Crippen LogP contribution in [0.3, 0.4) is 0 Å². The number of carboxylic acids is 1. The highest BCUT2D eigenvalue weighted by molar-refractivity contribution is 5.85. The summed E-state index contributed by atoms with van der Waals surface area (Å²) in [4.78, 5) is 22.3. The Labute approximate surface area is 78.1 Å². The molecule has 1 saturated carbocycles. The number of rotatable bonds is 1. The Balaban J connectivity index is 2.92. The van der Waals surface area contributed by atoms with Gasteiger partial charge in [0.2, 0.25) is 0 Å². The van der Waals surface area contributed by atoms with Gasteiger partial charge in [-0.05, 0) is 11.8 Å².